The van der Waals surface area contributed by atoms with E-state index in [0.717, 1.165) is 21.7 Å². The molecule has 0 bridgehead atoms. The zero-order valence-electron chi connectivity index (χ0n) is 17.4. The van der Waals surface area contributed by atoms with Crippen LogP contribution in [0.15, 0.2) is 42.5 Å². The number of hydrogen-bond donors (Lipinski definition) is 1. The summed E-state index contributed by atoms with van der Waals surface area (Å²) in [5.74, 6) is 0.904. The largest absolute Gasteiger partial charge is 0.497 e. The third-order valence-electron chi connectivity index (χ3n) is 4.26. The van der Waals surface area contributed by atoms with Crippen LogP contribution >= 0.6 is 0 Å². The van der Waals surface area contributed by atoms with E-state index < -0.39 is 22.0 Å². The van der Waals surface area contributed by atoms with Gasteiger partial charge in [0, 0.05) is 6.07 Å². The number of nitrogens with zero attached hydrogens (tertiary/aromatic N) is 1. The van der Waals surface area contributed by atoms with Crippen molar-refractivity contribution >= 4 is 21.6 Å². The van der Waals surface area contributed by atoms with Gasteiger partial charge in [-0.15, -0.1) is 0 Å². The zero-order chi connectivity index (χ0) is 21.6. The lowest BCUT2D eigenvalue weighted by Crippen LogP contribution is -2.48. The van der Waals surface area contributed by atoms with E-state index >= 15 is 0 Å². The lowest BCUT2D eigenvalue weighted by Gasteiger charge is -2.28. The second-order valence-corrected chi connectivity index (χ2v) is 8.76. The number of rotatable bonds is 9. The van der Waals surface area contributed by atoms with Gasteiger partial charge in [-0.2, -0.15) is 0 Å². The number of anilines is 1. The van der Waals surface area contributed by atoms with Gasteiger partial charge >= 0.3 is 0 Å². The van der Waals surface area contributed by atoms with Crippen molar-refractivity contribution in [3.8, 4) is 11.5 Å². The van der Waals surface area contributed by atoms with E-state index in [1.807, 2.05) is 32.0 Å². The van der Waals surface area contributed by atoms with Crippen LogP contribution in [0.5, 0.6) is 11.5 Å². The van der Waals surface area contributed by atoms with E-state index in [1.165, 1.54) is 0 Å². The Morgan fingerprint density at radius 2 is 1.72 bits per heavy atom. The van der Waals surface area contributed by atoms with Crippen LogP contribution in [0.3, 0.4) is 0 Å². The van der Waals surface area contributed by atoms with Crippen molar-refractivity contribution < 1.29 is 22.7 Å². The fraction of sp³-hybridized carbons (Fsp3) is 0.381. The Labute approximate surface area is 172 Å². The summed E-state index contributed by atoms with van der Waals surface area (Å²) in [7, 11) is -2.08. The SMILES string of the molecule is COc1cccc(OCCNC(=O)C(C)N(c2cc(C)cc(C)c2)S(C)(=O)=O)c1. The van der Waals surface area contributed by atoms with E-state index in [1.54, 1.807) is 38.3 Å². The van der Waals surface area contributed by atoms with Gasteiger partial charge in [0.1, 0.15) is 24.1 Å². The molecular weight excluding hydrogens is 392 g/mol. The predicted molar refractivity (Wildman–Crippen MR) is 114 cm³/mol. The minimum atomic E-state index is -3.65. The highest BCUT2D eigenvalue weighted by Crippen LogP contribution is 2.24. The molecule has 0 saturated heterocycles. The molecule has 0 spiro atoms. The van der Waals surface area contributed by atoms with Crippen LogP contribution in [0.2, 0.25) is 0 Å². The number of carbonyl (C=O) groups excluding carboxylic acids is 1. The van der Waals surface area contributed by atoms with E-state index in [4.69, 9.17) is 9.47 Å². The Bertz CT molecular complexity index is 939. The van der Waals surface area contributed by atoms with Crippen LogP contribution in [-0.4, -0.2) is 46.9 Å². The summed E-state index contributed by atoms with van der Waals surface area (Å²) in [6.45, 7) is 5.82. The van der Waals surface area contributed by atoms with Gasteiger partial charge in [-0.3, -0.25) is 9.10 Å². The summed E-state index contributed by atoms with van der Waals surface area (Å²) in [5.41, 5.74) is 2.32. The van der Waals surface area contributed by atoms with Crippen LogP contribution in [0, 0.1) is 13.8 Å². The first-order valence-electron chi connectivity index (χ1n) is 9.24. The van der Waals surface area contributed by atoms with Crippen molar-refractivity contribution in [1.29, 1.82) is 0 Å². The Hall–Kier alpha value is -2.74. The van der Waals surface area contributed by atoms with Crippen LogP contribution in [0.4, 0.5) is 5.69 Å². The Balaban J connectivity index is 2.02. The van der Waals surface area contributed by atoms with Gasteiger partial charge in [-0.25, -0.2) is 8.42 Å². The predicted octanol–water partition coefficient (Wildman–Crippen LogP) is 2.66. The zero-order valence-corrected chi connectivity index (χ0v) is 18.2. The van der Waals surface area contributed by atoms with Gasteiger partial charge in [0.15, 0.2) is 0 Å². The van der Waals surface area contributed by atoms with Crippen molar-refractivity contribution in [1.82, 2.24) is 5.32 Å². The molecule has 1 unspecified atom stereocenters. The average Bonchev–Trinajstić information content (AvgIpc) is 2.63. The van der Waals surface area contributed by atoms with Crippen molar-refractivity contribution in [2.75, 3.05) is 30.8 Å². The van der Waals surface area contributed by atoms with Crippen molar-refractivity contribution in [3.63, 3.8) is 0 Å². The summed E-state index contributed by atoms with van der Waals surface area (Å²) in [6, 6.07) is 11.7. The molecule has 0 heterocycles. The third kappa shape index (κ3) is 6.39. The Kier molecular flexibility index (Phi) is 7.50. The molecule has 0 saturated carbocycles. The molecule has 2 rings (SSSR count). The quantitative estimate of drug-likeness (QED) is 0.631. The van der Waals surface area contributed by atoms with Crippen LogP contribution in [0.25, 0.3) is 0 Å². The highest BCUT2D eigenvalue weighted by atomic mass is 32.2. The fourth-order valence-electron chi connectivity index (χ4n) is 3.07. The molecule has 0 aliphatic carbocycles. The Morgan fingerprint density at radius 1 is 1.10 bits per heavy atom. The molecule has 0 aromatic heterocycles. The molecule has 1 amide bonds. The molecule has 1 atom stereocenters. The molecule has 8 heteroatoms. The minimum Gasteiger partial charge on any atom is -0.497 e. The monoisotopic (exact) mass is 420 g/mol. The first-order chi connectivity index (χ1) is 13.6. The summed E-state index contributed by atoms with van der Waals surface area (Å²) < 4.78 is 36.6. The number of nitrogens with one attached hydrogen (secondary N) is 1. The molecular formula is C21H28N2O5S. The van der Waals surface area contributed by atoms with Gasteiger partial charge in [-0.05, 0) is 56.2 Å². The number of carbonyl (C=O) groups is 1. The van der Waals surface area contributed by atoms with E-state index in [2.05, 4.69) is 5.32 Å². The number of sulfonamides is 1. The first-order valence-corrected chi connectivity index (χ1v) is 11.1. The topological polar surface area (TPSA) is 84.9 Å². The fourth-order valence-corrected chi connectivity index (χ4v) is 4.23. The van der Waals surface area contributed by atoms with E-state index in [-0.39, 0.29) is 13.2 Å². The lowest BCUT2D eigenvalue weighted by molar-refractivity contribution is -0.121. The van der Waals surface area contributed by atoms with Gasteiger partial charge in [0.25, 0.3) is 0 Å². The minimum absolute atomic E-state index is 0.241. The molecule has 1 N–H and O–H groups in total. The smallest absolute Gasteiger partial charge is 0.243 e. The number of ether oxygens (including phenoxy) is 2. The lowest BCUT2D eigenvalue weighted by atomic mass is 10.1. The second-order valence-electron chi connectivity index (χ2n) is 6.90. The van der Waals surface area contributed by atoms with Crippen molar-refractivity contribution in [3.05, 3.63) is 53.6 Å². The molecule has 0 fully saturated rings. The van der Waals surface area contributed by atoms with E-state index in [9.17, 15) is 13.2 Å². The number of hydrogen-bond acceptors (Lipinski definition) is 5. The van der Waals surface area contributed by atoms with Gasteiger partial charge in [0.2, 0.25) is 15.9 Å². The third-order valence-corrected chi connectivity index (χ3v) is 5.50. The molecule has 0 radical (unpaired) electrons. The van der Waals surface area contributed by atoms with Gasteiger partial charge in [-0.1, -0.05) is 12.1 Å². The molecule has 29 heavy (non-hydrogen) atoms. The molecule has 7 nitrogen and oxygen atoms in total. The molecule has 2 aromatic rings. The maximum absolute atomic E-state index is 12.6. The van der Waals surface area contributed by atoms with Crippen molar-refractivity contribution in [2.45, 2.75) is 26.8 Å². The van der Waals surface area contributed by atoms with Crippen molar-refractivity contribution in [2.24, 2.45) is 0 Å². The number of amides is 1. The molecule has 158 valence electrons. The highest BCUT2D eigenvalue weighted by Gasteiger charge is 2.29. The summed E-state index contributed by atoms with van der Waals surface area (Å²) in [6.07, 6.45) is 1.10. The van der Waals surface area contributed by atoms with Gasteiger partial charge < -0.3 is 14.8 Å². The molecule has 0 aliphatic heterocycles. The number of aryl methyl sites for hydroxylation is 2. The maximum Gasteiger partial charge on any atom is 0.243 e. The molecule has 2 aromatic carbocycles. The summed E-state index contributed by atoms with van der Waals surface area (Å²) >= 11 is 0. The van der Waals surface area contributed by atoms with E-state index in [0.29, 0.717) is 17.2 Å². The highest BCUT2D eigenvalue weighted by molar-refractivity contribution is 7.92. The molecule has 0 aliphatic rings. The summed E-state index contributed by atoms with van der Waals surface area (Å²) in [5, 5.41) is 2.73. The number of benzene rings is 2. The van der Waals surface area contributed by atoms with Crippen LogP contribution < -0.4 is 19.1 Å². The number of methoxy groups -OCH3 is 1. The average molecular weight is 421 g/mol. The Morgan fingerprint density at radius 3 is 2.31 bits per heavy atom. The maximum atomic E-state index is 12.6. The van der Waals surface area contributed by atoms with Gasteiger partial charge in [0.05, 0.1) is 25.6 Å². The first kappa shape index (κ1) is 22.5. The second kappa shape index (κ2) is 9.65. The standard InChI is InChI=1S/C21H28N2O5S/c1-15-11-16(2)13-18(12-15)23(29(5,25)26)17(3)21(24)22-9-10-28-20-8-6-7-19(14-20)27-4/h6-8,11-14,17H,9-10H2,1-5H3,(H,22,24). The van der Waals surface area contributed by atoms with Crippen LogP contribution in [0.1, 0.15) is 18.1 Å². The normalized spacial score (nSPS) is 12.2. The van der Waals surface area contributed by atoms with Crippen LogP contribution in [-0.2, 0) is 14.8 Å². The summed E-state index contributed by atoms with van der Waals surface area (Å²) in [4.78, 5) is 12.6.